The normalized spacial score (nSPS) is 11.5. The van der Waals surface area contributed by atoms with E-state index in [2.05, 4.69) is 10.6 Å². The molecule has 2 aromatic carbocycles. The minimum atomic E-state index is -1.21. The first-order valence-electron chi connectivity index (χ1n) is 8.77. The number of carboxylic acid groups (broad SMARTS) is 1. The molecule has 3 N–H and O–H groups in total. The zero-order chi connectivity index (χ0) is 22.1. The summed E-state index contributed by atoms with van der Waals surface area (Å²) in [6.07, 6.45) is 1.67. The van der Waals surface area contributed by atoms with Gasteiger partial charge in [0.25, 0.3) is 0 Å². The molecule has 0 fully saturated rings. The highest BCUT2D eigenvalue weighted by Gasteiger charge is 2.18. The summed E-state index contributed by atoms with van der Waals surface area (Å²) in [5.41, 5.74) is 1.13. The number of hydrogen-bond donors (Lipinski definition) is 3. The Labute approximate surface area is 177 Å². The van der Waals surface area contributed by atoms with Gasteiger partial charge in [-0.3, -0.25) is 9.59 Å². The van der Waals surface area contributed by atoms with Crippen molar-refractivity contribution in [3.05, 3.63) is 66.2 Å². The number of amides is 2. The Morgan fingerprint density at radius 3 is 2.30 bits per heavy atom. The quantitative estimate of drug-likeness (QED) is 0.335. The van der Waals surface area contributed by atoms with Crippen LogP contribution in [0.1, 0.15) is 17.3 Å². The van der Waals surface area contributed by atoms with Crippen molar-refractivity contribution in [2.24, 2.45) is 0 Å². The number of carbonyl (C=O) groups is 4. The van der Waals surface area contributed by atoms with Gasteiger partial charge in [-0.25, -0.2) is 9.59 Å². The first-order valence-corrected chi connectivity index (χ1v) is 9.65. The molecular weight excluding hydrogens is 408 g/mol. The fourth-order valence-electron chi connectivity index (χ4n) is 2.32. The lowest BCUT2D eigenvalue weighted by molar-refractivity contribution is -0.131. The second-order valence-electron chi connectivity index (χ2n) is 5.97. The lowest BCUT2D eigenvalue weighted by atomic mass is 10.2. The number of benzene rings is 2. The number of rotatable bonds is 8. The summed E-state index contributed by atoms with van der Waals surface area (Å²) in [5, 5.41) is 13.3. The molecule has 0 aliphatic rings. The summed E-state index contributed by atoms with van der Waals surface area (Å²) < 4.78 is 4.72. The highest BCUT2D eigenvalue weighted by Crippen LogP contribution is 2.26. The number of para-hydroxylation sites is 1. The highest BCUT2D eigenvalue weighted by molar-refractivity contribution is 8.00. The first-order chi connectivity index (χ1) is 14.3. The molecule has 2 aromatic rings. The number of carbonyl (C=O) groups excluding carboxylic acids is 3. The van der Waals surface area contributed by atoms with Crippen molar-refractivity contribution >= 4 is 46.9 Å². The number of anilines is 2. The van der Waals surface area contributed by atoms with Gasteiger partial charge in [0, 0.05) is 22.7 Å². The number of methoxy groups -OCH3 is 1. The summed E-state index contributed by atoms with van der Waals surface area (Å²) in [7, 11) is 1.27. The molecule has 2 rings (SSSR count). The number of carboxylic acids is 1. The van der Waals surface area contributed by atoms with Gasteiger partial charge in [-0.15, -0.1) is 11.8 Å². The maximum absolute atomic E-state index is 12.5. The minimum absolute atomic E-state index is 0.266. The van der Waals surface area contributed by atoms with Crippen LogP contribution in [0.15, 0.2) is 65.6 Å². The van der Waals surface area contributed by atoms with Crippen LogP contribution in [0.4, 0.5) is 11.4 Å². The molecule has 0 heterocycles. The van der Waals surface area contributed by atoms with Gasteiger partial charge in [0.1, 0.15) is 0 Å². The molecule has 0 aliphatic carbocycles. The van der Waals surface area contributed by atoms with E-state index in [1.807, 2.05) is 0 Å². The fourth-order valence-corrected chi connectivity index (χ4v) is 3.19. The lowest BCUT2D eigenvalue weighted by Crippen LogP contribution is -2.23. The van der Waals surface area contributed by atoms with Gasteiger partial charge in [-0.1, -0.05) is 12.1 Å². The third-order valence-electron chi connectivity index (χ3n) is 3.77. The predicted octanol–water partition coefficient (Wildman–Crippen LogP) is 3.17. The second-order valence-corrected chi connectivity index (χ2v) is 7.39. The van der Waals surface area contributed by atoms with E-state index in [1.54, 1.807) is 55.5 Å². The SMILES string of the molecule is COC(=O)c1ccccc1NC(=O)C(C)Sc1ccc(NC(=O)/C=C/C(=O)O)cc1. The molecule has 30 heavy (non-hydrogen) atoms. The zero-order valence-electron chi connectivity index (χ0n) is 16.2. The van der Waals surface area contributed by atoms with E-state index in [4.69, 9.17) is 9.84 Å². The molecule has 0 spiro atoms. The Morgan fingerprint density at radius 1 is 1.00 bits per heavy atom. The van der Waals surface area contributed by atoms with Crippen molar-refractivity contribution in [3.8, 4) is 0 Å². The van der Waals surface area contributed by atoms with Gasteiger partial charge >= 0.3 is 11.9 Å². The number of aliphatic carboxylic acids is 1. The Bertz CT molecular complexity index is 972. The van der Waals surface area contributed by atoms with E-state index in [-0.39, 0.29) is 11.5 Å². The number of esters is 1. The minimum Gasteiger partial charge on any atom is -0.478 e. The van der Waals surface area contributed by atoms with E-state index in [1.165, 1.54) is 18.9 Å². The average Bonchev–Trinajstić information content (AvgIpc) is 2.73. The van der Waals surface area contributed by atoms with E-state index in [0.717, 1.165) is 17.0 Å². The van der Waals surface area contributed by atoms with E-state index < -0.39 is 23.1 Å². The fraction of sp³-hybridized carbons (Fsp3) is 0.143. The van der Waals surface area contributed by atoms with Crippen molar-refractivity contribution in [2.45, 2.75) is 17.1 Å². The van der Waals surface area contributed by atoms with E-state index in [0.29, 0.717) is 11.4 Å². The largest absolute Gasteiger partial charge is 0.478 e. The van der Waals surface area contributed by atoms with Crippen molar-refractivity contribution in [1.29, 1.82) is 0 Å². The molecule has 0 radical (unpaired) electrons. The standard InChI is InChI=1S/C21H20N2O6S/c1-13(20(27)23-17-6-4-3-5-16(17)21(28)29-2)30-15-9-7-14(8-10-15)22-18(24)11-12-19(25)26/h3-13H,1-2H3,(H,22,24)(H,23,27)(H,25,26)/b12-11+. The van der Waals surface area contributed by atoms with Crippen LogP contribution < -0.4 is 10.6 Å². The van der Waals surface area contributed by atoms with Crippen molar-refractivity contribution < 1.29 is 29.0 Å². The molecule has 0 aromatic heterocycles. The van der Waals surface area contributed by atoms with Crippen LogP contribution in [0.25, 0.3) is 0 Å². The molecule has 156 valence electrons. The van der Waals surface area contributed by atoms with Gasteiger partial charge < -0.3 is 20.5 Å². The second kappa shape index (κ2) is 10.8. The Hall–Kier alpha value is -3.59. The van der Waals surface area contributed by atoms with Crippen LogP contribution in [0.2, 0.25) is 0 Å². The molecular formula is C21H20N2O6S. The summed E-state index contributed by atoms with van der Waals surface area (Å²) in [6.45, 7) is 1.73. The maximum Gasteiger partial charge on any atom is 0.339 e. The van der Waals surface area contributed by atoms with Crippen LogP contribution in [-0.2, 0) is 19.1 Å². The van der Waals surface area contributed by atoms with Crippen molar-refractivity contribution in [1.82, 2.24) is 0 Å². The molecule has 0 bridgehead atoms. The highest BCUT2D eigenvalue weighted by atomic mass is 32.2. The van der Waals surface area contributed by atoms with E-state index in [9.17, 15) is 19.2 Å². The monoisotopic (exact) mass is 428 g/mol. The Morgan fingerprint density at radius 2 is 1.67 bits per heavy atom. The number of hydrogen-bond acceptors (Lipinski definition) is 6. The van der Waals surface area contributed by atoms with Crippen molar-refractivity contribution in [2.75, 3.05) is 17.7 Å². The van der Waals surface area contributed by atoms with Crippen LogP contribution in [0.5, 0.6) is 0 Å². The smallest absolute Gasteiger partial charge is 0.339 e. The summed E-state index contributed by atoms with van der Waals surface area (Å²) >= 11 is 1.30. The van der Waals surface area contributed by atoms with Crippen LogP contribution >= 0.6 is 11.8 Å². The lowest BCUT2D eigenvalue weighted by Gasteiger charge is -2.14. The van der Waals surface area contributed by atoms with Crippen LogP contribution in [0.3, 0.4) is 0 Å². The molecule has 1 atom stereocenters. The third kappa shape index (κ3) is 6.78. The zero-order valence-corrected chi connectivity index (χ0v) is 17.1. The molecule has 2 amide bonds. The van der Waals surface area contributed by atoms with Gasteiger partial charge in [0.15, 0.2) is 0 Å². The number of ether oxygens (including phenoxy) is 1. The molecule has 0 saturated carbocycles. The summed E-state index contributed by atoms with van der Waals surface area (Å²) in [6, 6.07) is 13.3. The molecule has 0 saturated heterocycles. The molecule has 0 aliphatic heterocycles. The topological polar surface area (TPSA) is 122 Å². The maximum atomic E-state index is 12.5. The van der Waals surface area contributed by atoms with Gasteiger partial charge in [0.2, 0.25) is 11.8 Å². The van der Waals surface area contributed by atoms with Crippen LogP contribution in [0, 0.1) is 0 Å². The van der Waals surface area contributed by atoms with E-state index >= 15 is 0 Å². The van der Waals surface area contributed by atoms with Crippen LogP contribution in [-0.4, -0.2) is 41.2 Å². The Balaban J connectivity index is 1.97. The average molecular weight is 428 g/mol. The molecule has 8 nitrogen and oxygen atoms in total. The van der Waals surface area contributed by atoms with Crippen molar-refractivity contribution in [3.63, 3.8) is 0 Å². The van der Waals surface area contributed by atoms with Gasteiger partial charge in [-0.2, -0.15) is 0 Å². The summed E-state index contributed by atoms with van der Waals surface area (Å²) in [4.78, 5) is 47.1. The first kappa shape index (κ1) is 22.7. The Kier molecular flexibility index (Phi) is 8.18. The number of thioether (sulfide) groups is 1. The third-order valence-corrected chi connectivity index (χ3v) is 4.88. The predicted molar refractivity (Wildman–Crippen MR) is 114 cm³/mol. The number of nitrogens with one attached hydrogen (secondary N) is 2. The van der Waals surface area contributed by atoms with Gasteiger partial charge in [0.05, 0.1) is 23.6 Å². The van der Waals surface area contributed by atoms with Gasteiger partial charge in [-0.05, 0) is 43.3 Å². The summed E-state index contributed by atoms with van der Waals surface area (Å²) in [5.74, 6) is -2.59. The molecule has 9 heteroatoms. The molecule has 1 unspecified atom stereocenters.